The lowest BCUT2D eigenvalue weighted by molar-refractivity contribution is 0.975. The minimum atomic E-state index is 0.685. The molecule has 280 valence electrons. The smallest absolute Gasteiger partial charge is 0.0704 e. The number of nitrogens with two attached hydrogens (primary N) is 2. The largest absolute Gasteiger partial charge is 0.397 e. The van der Waals surface area contributed by atoms with Crippen LogP contribution in [0.2, 0.25) is 0 Å². The van der Waals surface area contributed by atoms with Gasteiger partial charge in [-0.1, -0.05) is 137 Å². The number of nitrogens with one attached hydrogen (secondary N) is 2. The Kier molecular flexibility index (Phi) is 14.5. The average molecular weight is 726 g/mol. The molecule has 1 heterocycles. The molecule has 6 aromatic rings. The van der Waals surface area contributed by atoms with Crippen molar-refractivity contribution in [3.8, 4) is 0 Å². The van der Waals surface area contributed by atoms with Crippen LogP contribution in [0.4, 0.5) is 22.7 Å². The van der Waals surface area contributed by atoms with E-state index in [9.17, 15) is 0 Å². The van der Waals surface area contributed by atoms with Crippen LogP contribution in [-0.4, -0.2) is 4.68 Å². The third-order valence-electron chi connectivity index (χ3n) is 9.23. The normalized spacial score (nSPS) is 13.0. The maximum atomic E-state index is 6.43. The number of allylic oxidation sites excluding steroid dienone is 10. The Morgan fingerprint density at radius 3 is 2.09 bits per heavy atom. The van der Waals surface area contributed by atoms with Crippen LogP contribution < -0.4 is 22.2 Å². The van der Waals surface area contributed by atoms with Crippen LogP contribution in [0.25, 0.3) is 27.4 Å². The maximum Gasteiger partial charge on any atom is 0.0704 e. The molecule has 0 radical (unpaired) electrons. The molecule has 2 aliphatic rings. The van der Waals surface area contributed by atoms with E-state index < -0.39 is 0 Å². The van der Waals surface area contributed by atoms with Crippen molar-refractivity contribution in [2.24, 2.45) is 0 Å². The van der Waals surface area contributed by atoms with Crippen molar-refractivity contribution >= 4 is 50.1 Å². The van der Waals surface area contributed by atoms with Crippen LogP contribution in [-0.2, 0) is 6.42 Å². The fraction of sp³-hybridized carbons (Fsp3) is 0.160. The third-order valence-corrected chi connectivity index (χ3v) is 9.23. The fourth-order valence-electron chi connectivity index (χ4n) is 6.28. The van der Waals surface area contributed by atoms with Gasteiger partial charge >= 0.3 is 0 Å². The summed E-state index contributed by atoms with van der Waals surface area (Å²) in [5.74, 6) is 6.43. The first-order chi connectivity index (χ1) is 26.9. The van der Waals surface area contributed by atoms with Gasteiger partial charge in [0, 0.05) is 27.8 Å². The number of para-hydroxylation sites is 2. The molecule has 6 N–H and O–H groups in total. The number of hydrogen-bond donors (Lipinski definition) is 4. The molecule has 5 nitrogen and oxygen atoms in total. The van der Waals surface area contributed by atoms with Crippen LogP contribution in [0.1, 0.15) is 58.1 Å². The molecule has 55 heavy (non-hydrogen) atoms. The summed E-state index contributed by atoms with van der Waals surface area (Å²) in [6.45, 7) is 12.6. The first-order valence-corrected chi connectivity index (χ1v) is 19.3. The van der Waals surface area contributed by atoms with Gasteiger partial charge in [0.1, 0.15) is 0 Å². The molecule has 0 saturated heterocycles. The van der Waals surface area contributed by atoms with Crippen molar-refractivity contribution in [2.45, 2.75) is 53.4 Å². The van der Waals surface area contributed by atoms with Crippen molar-refractivity contribution in [1.29, 1.82) is 0 Å². The highest BCUT2D eigenvalue weighted by molar-refractivity contribution is 6.09. The Morgan fingerprint density at radius 2 is 1.42 bits per heavy atom. The van der Waals surface area contributed by atoms with Gasteiger partial charge in [-0.05, 0) is 115 Å². The molecule has 0 fully saturated rings. The lowest BCUT2D eigenvalue weighted by Gasteiger charge is -2.23. The molecule has 5 aromatic carbocycles. The maximum absolute atomic E-state index is 6.43. The lowest BCUT2D eigenvalue weighted by atomic mass is 9.87. The monoisotopic (exact) mass is 725 g/mol. The zero-order valence-corrected chi connectivity index (χ0v) is 32.7. The highest BCUT2D eigenvalue weighted by Gasteiger charge is 2.18. The summed E-state index contributed by atoms with van der Waals surface area (Å²) in [7, 11) is 0. The number of rotatable bonds is 9. The van der Waals surface area contributed by atoms with Crippen molar-refractivity contribution in [2.75, 3.05) is 22.2 Å². The second-order valence-corrected chi connectivity index (χ2v) is 13.1. The molecule has 0 saturated carbocycles. The highest BCUT2D eigenvalue weighted by atomic mass is 15.3. The molecule has 2 aliphatic carbocycles. The minimum absolute atomic E-state index is 0.685. The Bertz CT molecular complexity index is 2330. The topological polar surface area (TPSA) is 81.0 Å². The van der Waals surface area contributed by atoms with Gasteiger partial charge < -0.3 is 22.2 Å². The molecular weight excluding hydrogens is 671 g/mol. The molecule has 5 heteroatoms. The third kappa shape index (κ3) is 10.8. The highest BCUT2D eigenvalue weighted by Crippen LogP contribution is 2.37. The lowest BCUT2D eigenvalue weighted by Crippen LogP contribution is -2.09. The van der Waals surface area contributed by atoms with Crippen LogP contribution >= 0.6 is 0 Å². The van der Waals surface area contributed by atoms with E-state index in [2.05, 4.69) is 115 Å². The number of aromatic nitrogens is 1. The van der Waals surface area contributed by atoms with E-state index in [0.29, 0.717) is 5.69 Å². The van der Waals surface area contributed by atoms with E-state index in [-0.39, 0.29) is 0 Å². The van der Waals surface area contributed by atoms with Crippen molar-refractivity contribution in [3.05, 3.63) is 198 Å². The molecule has 8 rings (SSSR count). The zero-order chi connectivity index (χ0) is 39.0. The van der Waals surface area contributed by atoms with E-state index in [1.807, 2.05) is 93.6 Å². The molecule has 0 unspecified atom stereocenters. The summed E-state index contributed by atoms with van der Waals surface area (Å²) in [5.41, 5.74) is 18.9. The van der Waals surface area contributed by atoms with Crippen LogP contribution in [0.5, 0.6) is 0 Å². The number of anilines is 4. The molecule has 1 aromatic heterocycles. The van der Waals surface area contributed by atoms with Crippen molar-refractivity contribution in [3.63, 3.8) is 0 Å². The summed E-state index contributed by atoms with van der Waals surface area (Å²) < 4.78 is 1.78. The summed E-state index contributed by atoms with van der Waals surface area (Å²) in [4.78, 5) is 0. The summed E-state index contributed by atoms with van der Waals surface area (Å²) in [6.07, 6.45) is 18.8. The zero-order valence-electron chi connectivity index (χ0n) is 32.7. The molecule has 0 aliphatic heterocycles. The van der Waals surface area contributed by atoms with Gasteiger partial charge in [-0.3, -0.25) is 4.68 Å². The molecule has 0 amide bonds. The quantitative estimate of drug-likeness (QED) is 0.0518. The van der Waals surface area contributed by atoms with Crippen LogP contribution in [0, 0.1) is 0 Å². The van der Waals surface area contributed by atoms with E-state index in [1.54, 1.807) is 4.68 Å². The number of benzene rings is 5. The van der Waals surface area contributed by atoms with Crippen LogP contribution in [0.15, 0.2) is 187 Å². The summed E-state index contributed by atoms with van der Waals surface area (Å²) >= 11 is 0. The number of nitrogens with zero attached hydrogens (tertiary/aromatic N) is 1. The van der Waals surface area contributed by atoms with Crippen molar-refractivity contribution < 1.29 is 0 Å². The number of aryl methyl sites for hydroxylation is 1. The Labute approximate surface area is 327 Å². The fourth-order valence-corrected chi connectivity index (χ4v) is 6.28. The first-order valence-electron chi connectivity index (χ1n) is 19.3. The average Bonchev–Trinajstić information content (AvgIpc) is 4.11. The van der Waals surface area contributed by atoms with Gasteiger partial charge in [0.15, 0.2) is 0 Å². The van der Waals surface area contributed by atoms with E-state index in [4.69, 9.17) is 11.6 Å². The second kappa shape index (κ2) is 20.1. The Morgan fingerprint density at radius 1 is 0.745 bits per heavy atom. The molecule has 0 bridgehead atoms. The minimum Gasteiger partial charge on any atom is -0.397 e. The number of nitrogen functional groups attached to an aromatic ring is 2. The molecular formula is C50H55N5. The standard InChI is InChI=1S/C37H35N5.C8H10.C3H4.C2H6/c1-3-4-6-11-25(2)30-19-16-27(26-17-21-37-32(22-26)31-14-9-10-15-36(31)42(37)39)23-34(30)41-29-18-20-33(38)35(24-29)40-28-12-7-5-8-13-28;1-2-8-6-4-3-5-7-8;1-2-3-1;1-2/h3-15,17-18,20-24,40-41H,2,16,19,38-39H2,1H3;3-7H,2H2,1H3;1-2H,3H2;1-2H3/b4-3-,11-6-;;;. The SMILES string of the molecule is C1=CC1.C=C(/C=C\C=C/C)C1=C(Nc2ccc(N)c(Nc3ccccc3)c2)C=C(c2ccc3c(c2)c2ccccc2n3N)CC1.CC.CCc1ccccc1. The predicted molar refractivity (Wildman–Crippen MR) is 242 cm³/mol. The Hall–Kier alpha value is -6.46. The van der Waals surface area contributed by atoms with Gasteiger partial charge in [0.05, 0.1) is 22.4 Å². The van der Waals surface area contributed by atoms with Gasteiger partial charge in [-0.15, -0.1) is 0 Å². The summed E-state index contributed by atoms with van der Waals surface area (Å²) in [5, 5.41) is 9.45. The summed E-state index contributed by atoms with van der Waals surface area (Å²) in [6, 6.07) is 41.3. The number of hydrogen-bond acceptors (Lipinski definition) is 4. The van der Waals surface area contributed by atoms with Gasteiger partial charge in [-0.2, -0.15) is 0 Å². The van der Waals surface area contributed by atoms with Crippen LogP contribution in [0.3, 0.4) is 0 Å². The van der Waals surface area contributed by atoms with E-state index >= 15 is 0 Å². The van der Waals surface area contributed by atoms with E-state index in [1.165, 1.54) is 28.7 Å². The molecule has 0 atom stereocenters. The van der Waals surface area contributed by atoms with Gasteiger partial charge in [-0.25, -0.2) is 0 Å². The predicted octanol–water partition coefficient (Wildman–Crippen LogP) is 13.3. The first kappa shape index (κ1) is 39.7. The Balaban J connectivity index is 0.000000380. The van der Waals surface area contributed by atoms with Gasteiger partial charge in [0.2, 0.25) is 0 Å². The van der Waals surface area contributed by atoms with Gasteiger partial charge in [0.25, 0.3) is 0 Å². The van der Waals surface area contributed by atoms with Crippen molar-refractivity contribution in [1.82, 2.24) is 4.68 Å². The number of fused-ring (bicyclic) bond motifs is 3. The second-order valence-electron chi connectivity index (χ2n) is 13.1. The van der Waals surface area contributed by atoms with E-state index in [0.717, 1.165) is 69.4 Å². The molecule has 0 spiro atoms.